The third-order valence-electron chi connectivity index (χ3n) is 6.25. The second-order valence-corrected chi connectivity index (χ2v) is 10.9. The molecule has 0 saturated heterocycles. The maximum Gasteiger partial charge on any atom is 0.410 e. The third-order valence-corrected chi connectivity index (χ3v) is 8.13. The number of likely N-dealkylation sites (N-methyl/N-ethyl adjacent to an activating group) is 1. The summed E-state index contributed by atoms with van der Waals surface area (Å²) in [6.07, 6.45) is -1.03. The van der Waals surface area contributed by atoms with E-state index >= 15 is 0 Å². The molecule has 3 aromatic carbocycles. The van der Waals surface area contributed by atoms with Gasteiger partial charge in [0.2, 0.25) is 10.0 Å². The minimum Gasteiger partial charge on any atom is -0.445 e. The lowest BCUT2D eigenvalue weighted by Crippen LogP contribution is -2.51. The molecule has 0 heterocycles. The number of hydrogen-bond donors (Lipinski definition) is 1. The Morgan fingerprint density at radius 1 is 0.895 bits per heavy atom. The molecule has 204 valence electrons. The van der Waals surface area contributed by atoms with Crippen molar-refractivity contribution in [1.29, 1.82) is 0 Å². The van der Waals surface area contributed by atoms with Crippen molar-refractivity contribution < 1.29 is 27.8 Å². The Kier molecular flexibility index (Phi) is 11.3. The van der Waals surface area contributed by atoms with E-state index in [1.165, 1.54) is 21.3 Å². The first kappa shape index (κ1) is 29.3. The molecule has 38 heavy (non-hydrogen) atoms. The van der Waals surface area contributed by atoms with Gasteiger partial charge in [0.1, 0.15) is 6.61 Å². The van der Waals surface area contributed by atoms with Gasteiger partial charge in [-0.05, 0) is 36.1 Å². The summed E-state index contributed by atoms with van der Waals surface area (Å²) in [6, 6.07) is 26.1. The molecule has 0 saturated carbocycles. The summed E-state index contributed by atoms with van der Waals surface area (Å²) in [5.74, 6) is 0. The summed E-state index contributed by atoms with van der Waals surface area (Å²) in [5.41, 5.74) is 1.74. The van der Waals surface area contributed by atoms with Crippen molar-refractivity contribution in [2.45, 2.75) is 36.5 Å². The highest BCUT2D eigenvalue weighted by Gasteiger charge is 2.33. The molecule has 0 fully saturated rings. The SMILES string of the molecule is COCCCN(CC(O)C(Cc1ccccc1)N(C)C(=O)OCc1ccccc1)S(=O)(=O)c1ccccc1. The monoisotopic (exact) mass is 540 g/mol. The Balaban J connectivity index is 1.82. The van der Waals surface area contributed by atoms with Gasteiger partial charge in [0.05, 0.1) is 17.0 Å². The fourth-order valence-corrected chi connectivity index (χ4v) is 5.63. The highest BCUT2D eigenvalue weighted by molar-refractivity contribution is 7.89. The second-order valence-electron chi connectivity index (χ2n) is 9.00. The Bertz CT molecular complexity index is 1210. The van der Waals surface area contributed by atoms with Gasteiger partial charge in [-0.3, -0.25) is 0 Å². The first-order valence-electron chi connectivity index (χ1n) is 12.5. The molecule has 8 nitrogen and oxygen atoms in total. The van der Waals surface area contributed by atoms with Crippen molar-refractivity contribution in [3.63, 3.8) is 0 Å². The van der Waals surface area contributed by atoms with Gasteiger partial charge in [-0.2, -0.15) is 4.31 Å². The van der Waals surface area contributed by atoms with E-state index < -0.39 is 28.3 Å². The lowest BCUT2D eigenvalue weighted by molar-refractivity contribution is 0.0334. The number of sulfonamides is 1. The lowest BCUT2D eigenvalue weighted by Gasteiger charge is -2.34. The van der Waals surface area contributed by atoms with Gasteiger partial charge in [-0.25, -0.2) is 13.2 Å². The average molecular weight is 541 g/mol. The van der Waals surface area contributed by atoms with Gasteiger partial charge < -0.3 is 19.5 Å². The van der Waals surface area contributed by atoms with Crippen molar-refractivity contribution in [3.05, 3.63) is 102 Å². The smallest absolute Gasteiger partial charge is 0.410 e. The van der Waals surface area contributed by atoms with Gasteiger partial charge in [-0.15, -0.1) is 0 Å². The Morgan fingerprint density at radius 2 is 1.45 bits per heavy atom. The van der Waals surface area contributed by atoms with Gasteiger partial charge in [-0.1, -0.05) is 78.9 Å². The second kappa shape index (κ2) is 14.6. The number of carbonyl (C=O) groups excluding carboxylic acids is 1. The highest BCUT2D eigenvalue weighted by Crippen LogP contribution is 2.20. The molecule has 1 amide bonds. The molecule has 0 aliphatic carbocycles. The van der Waals surface area contributed by atoms with Crippen LogP contribution in [0.15, 0.2) is 95.9 Å². The molecule has 0 spiro atoms. The van der Waals surface area contributed by atoms with Crippen LogP contribution >= 0.6 is 0 Å². The molecule has 0 bridgehead atoms. The van der Waals surface area contributed by atoms with Crippen molar-refractivity contribution in [2.75, 3.05) is 33.9 Å². The highest BCUT2D eigenvalue weighted by atomic mass is 32.2. The molecule has 2 unspecified atom stereocenters. The molecule has 3 aromatic rings. The van der Waals surface area contributed by atoms with Crippen LogP contribution in [0.2, 0.25) is 0 Å². The number of hydrogen-bond acceptors (Lipinski definition) is 6. The number of methoxy groups -OCH3 is 1. The summed E-state index contributed by atoms with van der Waals surface area (Å²) in [4.78, 5) is 14.5. The predicted octanol–water partition coefficient (Wildman–Crippen LogP) is 3.95. The standard InChI is InChI=1S/C29H36N2O6S/c1-30(29(33)37-23-25-15-8-4-9-16-25)27(21-24-13-6-3-7-14-24)28(32)22-31(19-12-20-36-2)38(34,35)26-17-10-5-11-18-26/h3-11,13-18,27-28,32H,12,19-23H2,1-2H3. The third kappa shape index (κ3) is 8.39. The molecule has 9 heteroatoms. The molecular formula is C29H36N2O6S. The topological polar surface area (TPSA) is 96.4 Å². The number of ether oxygens (including phenoxy) is 2. The average Bonchev–Trinajstić information content (AvgIpc) is 2.95. The van der Waals surface area contributed by atoms with Gasteiger partial charge >= 0.3 is 6.09 Å². The van der Waals surface area contributed by atoms with Crippen LogP contribution in [0, 0.1) is 0 Å². The van der Waals surface area contributed by atoms with E-state index in [1.54, 1.807) is 32.4 Å². The van der Waals surface area contributed by atoms with Gasteiger partial charge in [0.15, 0.2) is 0 Å². The molecule has 3 rings (SSSR count). The van der Waals surface area contributed by atoms with Crippen LogP contribution in [0.25, 0.3) is 0 Å². The van der Waals surface area contributed by atoms with Crippen LogP contribution in [-0.2, 0) is 32.5 Å². The van der Waals surface area contributed by atoms with Crippen LogP contribution in [0.5, 0.6) is 0 Å². The largest absolute Gasteiger partial charge is 0.445 e. The van der Waals surface area contributed by atoms with E-state index in [1.807, 2.05) is 60.7 Å². The number of aliphatic hydroxyl groups excluding tert-OH is 1. The van der Waals surface area contributed by atoms with Crippen molar-refractivity contribution >= 4 is 16.1 Å². The number of aliphatic hydroxyl groups is 1. The fraction of sp³-hybridized carbons (Fsp3) is 0.345. The quantitative estimate of drug-likeness (QED) is 0.311. The van der Waals surface area contributed by atoms with E-state index in [2.05, 4.69) is 0 Å². The van der Waals surface area contributed by atoms with E-state index in [4.69, 9.17) is 9.47 Å². The number of rotatable bonds is 14. The minimum atomic E-state index is -3.89. The minimum absolute atomic E-state index is 0.0870. The maximum atomic E-state index is 13.5. The van der Waals surface area contributed by atoms with Crippen molar-refractivity contribution in [3.8, 4) is 0 Å². The summed E-state index contributed by atoms with van der Waals surface area (Å²) in [5, 5.41) is 11.4. The predicted molar refractivity (Wildman–Crippen MR) is 146 cm³/mol. The van der Waals surface area contributed by atoms with Gasteiger partial charge in [0.25, 0.3) is 0 Å². The van der Waals surface area contributed by atoms with E-state index in [-0.39, 0.29) is 24.6 Å². The Morgan fingerprint density at radius 3 is 2.03 bits per heavy atom. The summed E-state index contributed by atoms with van der Waals surface area (Å²) < 4.78 is 38.8. The number of benzene rings is 3. The lowest BCUT2D eigenvalue weighted by atomic mass is 10.00. The zero-order valence-electron chi connectivity index (χ0n) is 21.8. The van der Waals surface area contributed by atoms with Crippen molar-refractivity contribution in [1.82, 2.24) is 9.21 Å². The summed E-state index contributed by atoms with van der Waals surface area (Å²) in [6.45, 7) is 0.414. The zero-order chi connectivity index (χ0) is 27.4. The van der Waals surface area contributed by atoms with Crippen molar-refractivity contribution in [2.24, 2.45) is 0 Å². The van der Waals surface area contributed by atoms with Crippen LogP contribution in [0.4, 0.5) is 4.79 Å². The molecule has 0 aliphatic heterocycles. The molecule has 2 atom stereocenters. The zero-order valence-corrected chi connectivity index (χ0v) is 22.7. The number of amides is 1. The molecule has 0 aliphatic rings. The molecule has 0 radical (unpaired) electrons. The van der Waals surface area contributed by atoms with E-state index in [0.29, 0.717) is 19.4 Å². The van der Waals surface area contributed by atoms with Crippen LogP contribution < -0.4 is 0 Å². The number of nitrogens with zero attached hydrogens (tertiary/aromatic N) is 2. The normalized spacial score (nSPS) is 13.2. The first-order valence-corrected chi connectivity index (χ1v) is 14.0. The first-order chi connectivity index (χ1) is 18.3. The van der Waals surface area contributed by atoms with Crippen LogP contribution in [0.3, 0.4) is 0 Å². The Labute approximate surface area is 225 Å². The molecule has 0 aromatic heterocycles. The van der Waals surface area contributed by atoms with Crippen LogP contribution in [-0.4, -0.2) is 74.8 Å². The molecular weight excluding hydrogens is 504 g/mol. The summed E-state index contributed by atoms with van der Waals surface area (Å²) >= 11 is 0. The number of carbonyl (C=O) groups is 1. The molecule has 1 N–H and O–H groups in total. The van der Waals surface area contributed by atoms with Crippen LogP contribution in [0.1, 0.15) is 17.5 Å². The van der Waals surface area contributed by atoms with E-state index in [9.17, 15) is 18.3 Å². The van der Waals surface area contributed by atoms with Gasteiger partial charge in [0, 0.05) is 33.9 Å². The maximum absolute atomic E-state index is 13.5. The van der Waals surface area contributed by atoms with E-state index in [0.717, 1.165) is 11.1 Å². The summed E-state index contributed by atoms with van der Waals surface area (Å²) in [7, 11) is -0.779. The Hall–Kier alpha value is -3.24. The fourth-order valence-electron chi connectivity index (χ4n) is 4.11.